The summed E-state index contributed by atoms with van der Waals surface area (Å²) in [7, 11) is 0. The van der Waals surface area contributed by atoms with E-state index in [1.165, 1.54) is 41.4 Å². The van der Waals surface area contributed by atoms with Crippen LogP contribution in [0.2, 0.25) is 0 Å². The average molecular weight is 425 g/mol. The molecule has 0 aliphatic heterocycles. The van der Waals surface area contributed by atoms with Crippen LogP contribution >= 0.6 is 0 Å². The second kappa shape index (κ2) is 8.49. The Morgan fingerprint density at radius 3 is 2.74 bits per heavy atom. The highest BCUT2D eigenvalue weighted by Crippen LogP contribution is 2.24. The average Bonchev–Trinajstić information content (AvgIpc) is 3.53. The summed E-state index contributed by atoms with van der Waals surface area (Å²) in [5.41, 5.74) is 0.358. The molecule has 31 heavy (non-hydrogen) atoms. The number of benzene rings is 1. The number of carbonyl (C=O) groups is 1. The fourth-order valence-corrected chi connectivity index (χ4v) is 2.62. The van der Waals surface area contributed by atoms with E-state index in [1.807, 2.05) is 0 Å². The number of esters is 1. The van der Waals surface area contributed by atoms with Crippen molar-refractivity contribution in [3.8, 4) is 23.0 Å². The molecule has 0 fully saturated rings. The molecule has 158 valence electrons. The Morgan fingerprint density at radius 2 is 2.06 bits per heavy atom. The van der Waals surface area contributed by atoms with Crippen molar-refractivity contribution in [2.75, 3.05) is 6.61 Å². The largest absolute Gasteiger partial charge is 0.479 e. The number of nitro benzene ring substituents is 1. The Balaban J connectivity index is 1.57. The molecule has 0 saturated carbocycles. The standard InChI is InChI=1S/C19H15N5O7/c1-2-28-19(25)17-15(10-23(21-17)12-5-7-13(8-6-12)24(26)27)30-11-16-20-18(22-31-16)14-4-3-9-29-14/h3-10H,2,11H2,1H3. The third kappa shape index (κ3) is 4.27. The van der Waals surface area contributed by atoms with Crippen LogP contribution in [0.25, 0.3) is 17.3 Å². The highest BCUT2D eigenvalue weighted by Gasteiger charge is 2.22. The molecule has 0 N–H and O–H groups in total. The van der Waals surface area contributed by atoms with Gasteiger partial charge in [-0.05, 0) is 31.2 Å². The lowest BCUT2D eigenvalue weighted by molar-refractivity contribution is -0.384. The van der Waals surface area contributed by atoms with Crippen molar-refractivity contribution in [2.45, 2.75) is 13.5 Å². The number of nitrogens with zero attached hydrogens (tertiary/aromatic N) is 5. The molecule has 0 bridgehead atoms. The molecule has 1 aromatic carbocycles. The molecule has 4 rings (SSSR count). The van der Waals surface area contributed by atoms with Crippen LogP contribution in [0.5, 0.6) is 5.75 Å². The zero-order valence-corrected chi connectivity index (χ0v) is 16.1. The molecule has 3 aromatic heterocycles. The summed E-state index contributed by atoms with van der Waals surface area (Å²) < 4.78 is 22.4. The fourth-order valence-electron chi connectivity index (χ4n) is 2.62. The van der Waals surface area contributed by atoms with Crippen LogP contribution in [-0.2, 0) is 11.3 Å². The third-order valence-corrected chi connectivity index (χ3v) is 4.04. The first kappa shape index (κ1) is 19.8. The van der Waals surface area contributed by atoms with E-state index in [0.29, 0.717) is 11.4 Å². The Labute approximate surface area is 174 Å². The SMILES string of the molecule is CCOC(=O)c1nn(-c2ccc([N+](=O)[O-])cc2)cc1OCc1nc(-c2ccco2)no1. The topological polar surface area (TPSA) is 149 Å². The molecule has 0 aliphatic carbocycles. The van der Waals surface area contributed by atoms with Crippen molar-refractivity contribution < 1.29 is 28.1 Å². The summed E-state index contributed by atoms with van der Waals surface area (Å²) >= 11 is 0. The zero-order chi connectivity index (χ0) is 21.8. The van der Waals surface area contributed by atoms with Gasteiger partial charge in [-0.1, -0.05) is 5.16 Å². The number of ether oxygens (including phenoxy) is 2. The van der Waals surface area contributed by atoms with Gasteiger partial charge in [-0.3, -0.25) is 10.1 Å². The Bertz CT molecular complexity index is 1190. The summed E-state index contributed by atoms with van der Waals surface area (Å²) in [5, 5.41) is 18.8. The van der Waals surface area contributed by atoms with Crippen LogP contribution in [0.4, 0.5) is 5.69 Å². The first-order chi connectivity index (χ1) is 15.0. The second-order valence-electron chi connectivity index (χ2n) is 6.06. The van der Waals surface area contributed by atoms with Gasteiger partial charge in [0, 0.05) is 12.1 Å². The van der Waals surface area contributed by atoms with Gasteiger partial charge in [-0.15, -0.1) is 0 Å². The van der Waals surface area contributed by atoms with Gasteiger partial charge in [-0.2, -0.15) is 10.1 Å². The summed E-state index contributed by atoms with van der Waals surface area (Å²) in [6.45, 7) is 1.69. The van der Waals surface area contributed by atoms with Gasteiger partial charge in [0.1, 0.15) is 0 Å². The van der Waals surface area contributed by atoms with E-state index in [1.54, 1.807) is 19.1 Å². The van der Waals surface area contributed by atoms with E-state index >= 15 is 0 Å². The van der Waals surface area contributed by atoms with Crippen LogP contribution in [0.1, 0.15) is 23.3 Å². The number of rotatable bonds is 8. The van der Waals surface area contributed by atoms with Gasteiger partial charge in [0.2, 0.25) is 11.5 Å². The van der Waals surface area contributed by atoms with Gasteiger partial charge in [0.05, 0.1) is 29.7 Å². The van der Waals surface area contributed by atoms with E-state index in [9.17, 15) is 14.9 Å². The summed E-state index contributed by atoms with van der Waals surface area (Å²) in [4.78, 5) is 26.8. The molecule has 0 saturated heterocycles. The molecule has 0 atom stereocenters. The molecule has 4 aromatic rings. The zero-order valence-electron chi connectivity index (χ0n) is 16.1. The van der Waals surface area contributed by atoms with Crippen LogP contribution in [0, 0.1) is 10.1 Å². The van der Waals surface area contributed by atoms with Crippen molar-refractivity contribution in [3.63, 3.8) is 0 Å². The minimum Gasteiger partial charge on any atom is -0.479 e. The molecule has 12 nitrogen and oxygen atoms in total. The van der Waals surface area contributed by atoms with Crippen molar-refractivity contribution >= 4 is 11.7 Å². The van der Waals surface area contributed by atoms with Crippen molar-refractivity contribution in [1.82, 2.24) is 19.9 Å². The molecule has 0 unspecified atom stereocenters. The van der Waals surface area contributed by atoms with E-state index in [4.69, 9.17) is 18.4 Å². The Hall–Kier alpha value is -4.48. The minimum absolute atomic E-state index is 0.0639. The number of aromatic nitrogens is 4. The predicted octanol–water partition coefficient (Wildman–Crippen LogP) is 3.18. The minimum atomic E-state index is -0.681. The first-order valence-corrected chi connectivity index (χ1v) is 9.06. The van der Waals surface area contributed by atoms with Gasteiger partial charge in [-0.25, -0.2) is 9.48 Å². The highest BCUT2D eigenvalue weighted by atomic mass is 16.6. The summed E-state index contributed by atoms with van der Waals surface area (Å²) in [5.74, 6) is 0.294. The van der Waals surface area contributed by atoms with Crippen LogP contribution in [-0.4, -0.2) is 37.4 Å². The molecular formula is C19H15N5O7. The maximum atomic E-state index is 12.3. The van der Waals surface area contributed by atoms with E-state index in [0.717, 1.165) is 0 Å². The van der Waals surface area contributed by atoms with E-state index in [-0.39, 0.29) is 42.1 Å². The number of hydrogen-bond donors (Lipinski definition) is 0. The van der Waals surface area contributed by atoms with Crippen LogP contribution in [0.3, 0.4) is 0 Å². The number of non-ortho nitro benzene ring substituents is 1. The smallest absolute Gasteiger partial charge is 0.362 e. The molecule has 3 heterocycles. The third-order valence-electron chi connectivity index (χ3n) is 4.04. The Morgan fingerprint density at radius 1 is 1.26 bits per heavy atom. The number of furan rings is 1. The fraction of sp³-hybridized carbons (Fsp3) is 0.158. The van der Waals surface area contributed by atoms with Crippen molar-refractivity contribution in [3.05, 3.63) is 70.6 Å². The lowest BCUT2D eigenvalue weighted by Crippen LogP contribution is -2.08. The molecule has 12 heteroatoms. The first-order valence-electron chi connectivity index (χ1n) is 9.06. The number of nitro groups is 1. The quantitative estimate of drug-likeness (QED) is 0.234. The van der Waals surface area contributed by atoms with E-state index in [2.05, 4.69) is 15.2 Å². The van der Waals surface area contributed by atoms with Crippen molar-refractivity contribution in [2.24, 2.45) is 0 Å². The second-order valence-corrected chi connectivity index (χ2v) is 6.06. The number of carbonyl (C=O) groups excluding carboxylic acids is 1. The lowest BCUT2D eigenvalue weighted by atomic mass is 10.3. The van der Waals surface area contributed by atoms with Crippen molar-refractivity contribution in [1.29, 1.82) is 0 Å². The molecule has 0 spiro atoms. The summed E-state index contributed by atoms with van der Waals surface area (Å²) in [6.07, 6.45) is 2.94. The molecule has 0 amide bonds. The number of hydrogen-bond acceptors (Lipinski definition) is 10. The highest BCUT2D eigenvalue weighted by molar-refractivity contribution is 5.90. The van der Waals surface area contributed by atoms with Gasteiger partial charge in [0.15, 0.2) is 18.1 Å². The monoisotopic (exact) mass is 425 g/mol. The molecule has 0 aliphatic rings. The maximum absolute atomic E-state index is 12.3. The molecule has 0 radical (unpaired) electrons. The molecular weight excluding hydrogens is 410 g/mol. The van der Waals surface area contributed by atoms with Crippen LogP contribution in [0.15, 0.2) is 57.8 Å². The van der Waals surface area contributed by atoms with Gasteiger partial charge < -0.3 is 18.4 Å². The maximum Gasteiger partial charge on any atom is 0.362 e. The lowest BCUT2D eigenvalue weighted by Gasteiger charge is -2.02. The normalized spacial score (nSPS) is 10.7. The van der Waals surface area contributed by atoms with Gasteiger partial charge in [0.25, 0.3) is 11.6 Å². The van der Waals surface area contributed by atoms with E-state index < -0.39 is 10.9 Å². The van der Waals surface area contributed by atoms with Crippen LogP contribution < -0.4 is 4.74 Å². The summed E-state index contributed by atoms with van der Waals surface area (Å²) in [6, 6.07) is 9.03. The van der Waals surface area contributed by atoms with Gasteiger partial charge >= 0.3 is 5.97 Å². The Kier molecular flexibility index (Phi) is 5.43. The predicted molar refractivity (Wildman–Crippen MR) is 103 cm³/mol.